The zero-order chi connectivity index (χ0) is 19.5. The summed E-state index contributed by atoms with van der Waals surface area (Å²) in [5.74, 6) is 2.07. The number of likely N-dealkylation sites (tertiary alicyclic amines) is 1. The zero-order valence-electron chi connectivity index (χ0n) is 15.8. The zero-order valence-corrected chi connectivity index (χ0v) is 16.6. The van der Waals surface area contributed by atoms with E-state index in [0.717, 1.165) is 49.5 Å². The van der Waals surface area contributed by atoms with Gasteiger partial charge in [0.05, 0.1) is 0 Å². The first-order chi connectivity index (χ1) is 13.6. The number of amides is 1. The minimum absolute atomic E-state index is 0.00753. The third-order valence-corrected chi connectivity index (χ3v) is 5.40. The maximum atomic E-state index is 12.5. The summed E-state index contributed by atoms with van der Waals surface area (Å²) in [6, 6.07) is 11.0. The minimum Gasteiger partial charge on any atom is -0.484 e. The molecule has 1 aliphatic rings. The van der Waals surface area contributed by atoms with Crippen LogP contribution in [0.15, 0.2) is 42.6 Å². The van der Waals surface area contributed by atoms with Gasteiger partial charge in [0.2, 0.25) is 0 Å². The third-order valence-electron chi connectivity index (χ3n) is 5.17. The molecular formula is C21H23ClN4O2. The van der Waals surface area contributed by atoms with Gasteiger partial charge in [-0.05, 0) is 49.6 Å². The Morgan fingerprint density at radius 2 is 2.21 bits per heavy atom. The molecule has 1 aromatic carbocycles. The fraction of sp³-hybridized carbons (Fsp3) is 0.381. The largest absolute Gasteiger partial charge is 0.484 e. The number of halogens is 1. The molecule has 1 atom stereocenters. The van der Waals surface area contributed by atoms with Crippen molar-refractivity contribution < 1.29 is 9.53 Å². The summed E-state index contributed by atoms with van der Waals surface area (Å²) in [5, 5.41) is 0.597. The van der Waals surface area contributed by atoms with Crippen LogP contribution in [-0.4, -0.2) is 45.0 Å². The summed E-state index contributed by atoms with van der Waals surface area (Å²) in [4.78, 5) is 23.6. The smallest absolute Gasteiger partial charge is 0.260 e. The fourth-order valence-corrected chi connectivity index (χ4v) is 3.95. The van der Waals surface area contributed by atoms with E-state index in [1.54, 1.807) is 24.4 Å². The van der Waals surface area contributed by atoms with Gasteiger partial charge in [0, 0.05) is 37.3 Å². The van der Waals surface area contributed by atoms with Gasteiger partial charge in [0.1, 0.15) is 17.1 Å². The molecule has 2 aromatic heterocycles. The quantitative estimate of drug-likeness (QED) is 0.636. The molecular weight excluding hydrogens is 376 g/mol. The number of carbonyl (C=O) groups is 1. The Hall–Kier alpha value is -2.60. The van der Waals surface area contributed by atoms with Crippen LogP contribution in [0.25, 0.3) is 11.2 Å². The topological polar surface area (TPSA) is 60.2 Å². The molecule has 0 radical (unpaired) electrons. The van der Waals surface area contributed by atoms with Crippen LogP contribution in [0.2, 0.25) is 5.02 Å². The molecule has 1 saturated heterocycles. The maximum absolute atomic E-state index is 12.5. The number of carbonyl (C=O) groups excluding carboxylic acids is 1. The summed E-state index contributed by atoms with van der Waals surface area (Å²) in [6.45, 7) is 4.47. The summed E-state index contributed by atoms with van der Waals surface area (Å²) >= 11 is 5.95. The lowest BCUT2D eigenvalue weighted by Gasteiger charge is -2.17. The van der Waals surface area contributed by atoms with Gasteiger partial charge in [-0.25, -0.2) is 9.97 Å². The van der Waals surface area contributed by atoms with Gasteiger partial charge in [0.25, 0.3) is 5.91 Å². The first kappa shape index (κ1) is 18.7. The third kappa shape index (κ3) is 3.97. The molecule has 1 amide bonds. The van der Waals surface area contributed by atoms with Crippen molar-refractivity contribution in [3.63, 3.8) is 0 Å². The van der Waals surface area contributed by atoms with E-state index in [1.807, 2.05) is 23.1 Å². The molecule has 4 rings (SSSR count). The molecule has 3 aromatic rings. The van der Waals surface area contributed by atoms with Crippen LogP contribution in [0, 0.1) is 5.92 Å². The highest BCUT2D eigenvalue weighted by molar-refractivity contribution is 6.30. The monoisotopic (exact) mass is 398 g/mol. The fourth-order valence-electron chi connectivity index (χ4n) is 3.77. The van der Waals surface area contributed by atoms with Crippen LogP contribution in [0.1, 0.15) is 19.2 Å². The molecule has 1 fully saturated rings. The van der Waals surface area contributed by atoms with E-state index >= 15 is 0 Å². The first-order valence-electron chi connectivity index (χ1n) is 9.60. The van der Waals surface area contributed by atoms with Crippen molar-refractivity contribution >= 4 is 28.7 Å². The summed E-state index contributed by atoms with van der Waals surface area (Å²) in [6.07, 6.45) is 3.63. The van der Waals surface area contributed by atoms with Crippen LogP contribution in [0.5, 0.6) is 5.75 Å². The van der Waals surface area contributed by atoms with E-state index in [4.69, 9.17) is 21.3 Å². The lowest BCUT2D eigenvalue weighted by Crippen LogP contribution is -2.33. The van der Waals surface area contributed by atoms with Gasteiger partial charge >= 0.3 is 0 Å². The van der Waals surface area contributed by atoms with Crippen molar-refractivity contribution in [1.29, 1.82) is 0 Å². The van der Waals surface area contributed by atoms with Crippen molar-refractivity contribution in [3.8, 4) is 5.75 Å². The Morgan fingerprint density at radius 1 is 1.32 bits per heavy atom. The summed E-state index contributed by atoms with van der Waals surface area (Å²) < 4.78 is 7.76. The molecule has 1 unspecified atom stereocenters. The van der Waals surface area contributed by atoms with Crippen LogP contribution >= 0.6 is 11.6 Å². The van der Waals surface area contributed by atoms with Gasteiger partial charge in [-0.15, -0.1) is 0 Å². The highest BCUT2D eigenvalue weighted by atomic mass is 35.5. The summed E-state index contributed by atoms with van der Waals surface area (Å²) in [7, 11) is 0. The molecule has 6 nitrogen and oxygen atoms in total. The van der Waals surface area contributed by atoms with Crippen LogP contribution < -0.4 is 4.74 Å². The Morgan fingerprint density at radius 3 is 3.04 bits per heavy atom. The van der Waals surface area contributed by atoms with E-state index in [9.17, 15) is 4.79 Å². The second kappa shape index (κ2) is 8.19. The average molecular weight is 399 g/mol. The molecule has 3 heterocycles. The average Bonchev–Trinajstić information content (AvgIpc) is 3.30. The van der Waals surface area contributed by atoms with Gasteiger partial charge in [0.15, 0.2) is 12.3 Å². The molecule has 0 spiro atoms. The minimum atomic E-state index is 0.00753. The standard InChI is InChI=1S/C21H23ClN4O2/c1-2-26-19(24-18-7-4-9-23-21(18)26)11-15-8-10-25(13-15)20(27)14-28-17-6-3-5-16(22)12-17/h3-7,9,12,15H,2,8,10-11,13-14H2,1H3. The Kier molecular flexibility index (Phi) is 5.48. The Balaban J connectivity index is 1.36. The number of imidazole rings is 1. The van der Waals surface area contributed by atoms with E-state index < -0.39 is 0 Å². The predicted molar refractivity (Wildman–Crippen MR) is 109 cm³/mol. The van der Waals surface area contributed by atoms with Crippen LogP contribution in [0.4, 0.5) is 0 Å². The molecule has 0 bridgehead atoms. The number of aryl methyl sites for hydroxylation is 1. The molecule has 0 aliphatic carbocycles. The number of pyridine rings is 1. The normalized spacial score (nSPS) is 16.6. The number of nitrogens with zero attached hydrogens (tertiary/aromatic N) is 4. The highest BCUT2D eigenvalue weighted by Gasteiger charge is 2.28. The number of hydrogen-bond acceptors (Lipinski definition) is 4. The Bertz CT molecular complexity index is 987. The number of aromatic nitrogens is 3. The molecule has 28 heavy (non-hydrogen) atoms. The van der Waals surface area contributed by atoms with E-state index in [1.165, 1.54) is 0 Å². The van der Waals surface area contributed by atoms with Crippen molar-refractivity contribution in [2.45, 2.75) is 26.3 Å². The molecule has 1 aliphatic heterocycles. The molecule has 0 saturated carbocycles. The van der Waals surface area contributed by atoms with Gasteiger partial charge in [-0.2, -0.15) is 0 Å². The number of fused-ring (bicyclic) bond motifs is 1. The number of benzene rings is 1. The lowest BCUT2D eigenvalue weighted by molar-refractivity contribution is -0.132. The van der Waals surface area contributed by atoms with E-state index in [-0.39, 0.29) is 12.5 Å². The van der Waals surface area contributed by atoms with Gasteiger partial charge < -0.3 is 14.2 Å². The molecule has 7 heteroatoms. The lowest BCUT2D eigenvalue weighted by atomic mass is 10.0. The van der Waals surface area contributed by atoms with Crippen LogP contribution in [-0.2, 0) is 17.8 Å². The van der Waals surface area contributed by atoms with E-state index in [2.05, 4.69) is 16.5 Å². The molecule has 146 valence electrons. The van der Waals surface area contributed by atoms with Gasteiger partial charge in [-0.1, -0.05) is 17.7 Å². The maximum Gasteiger partial charge on any atom is 0.260 e. The van der Waals surface area contributed by atoms with E-state index in [0.29, 0.717) is 16.7 Å². The SMILES string of the molecule is CCn1c(CC2CCN(C(=O)COc3cccc(Cl)c3)C2)nc2cccnc21. The first-order valence-corrected chi connectivity index (χ1v) is 9.98. The second-order valence-corrected chi connectivity index (χ2v) is 7.50. The highest BCUT2D eigenvalue weighted by Crippen LogP contribution is 2.23. The van der Waals surface area contributed by atoms with Crippen molar-refractivity contribution in [2.24, 2.45) is 5.92 Å². The van der Waals surface area contributed by atoms with Crippen molar-refractivity contribution in [3.05, 3.63) is 53.4 Å². The van der Waals surface area contributed by atoms with Gasteiger partial charge in [-0.3, -0.25) is 4.79 Å². The number of hydrogen-bond donors (Lipinski definition) is 0. The van der Waals surface area contributed by atoms with Crippen molar-refractivity contribution in [2.75, 3.05) is 19.7 Å². The number of ether oxygens (including phenoxy) is 1. The second-order valence-electron chi connectivity index (χ2n) is 7.06. The molecule has 0 N–H and O–H groups in total. The Labute approximate surface area is 169 Å². The number of rotatable bonds is 6. The summed E-state index contributed by atoms with van der Waals surface area (Å²) in [5.41, 5.74) is 1.86. The van der Waals surface area contributed by atoms with Crippen LogP contribution in [0.3, 0.4) is 0 Å². The predicted octanol–water partition coefficient (Wildman–Crippen LogP) is 3.57. The van der Waals surface area contributed by atoms with Crippen molar-refractivity contribution in [1.82, 2.24) is 19.4 Å².